The number of carbonyl (C=O) groups excluding carboxylic acids is 1. The van der Waals surface area contributed by atoms with Crippen molar-refractivity contribution < 1.29 is 14.3 Å². The van der Waals surface area contributed by atoms with E-state index in [9.17, 15) is 4.79 Å². The molecule has 122 valence electrons. The molecule has 2 aromatic carbocycles. The largest absolute Gasteiger partial charge is 0.333 e. The molecule has 0 N–H and O–H groups in total. The van der Waals surface area contributed by atoms with Crippen LogP contribution in [0.3, 0.4) is 0 Å². The van der Waals surface area contributed by atoms with E-state index >= 15 is 0 Å². The molecule has 3 heteroatoms. The van der Waals surface area contributed by atoms with E-state index < -0.39 is 11.4 Å². The topological polar surface area (TPSA) is 35.5 Å². The molecule has 1 aliphatic carbocycles. The molecule has 2 atom stereocenters. The summed E-state index contributed by atoms with van der Waals surface area (Å²) in [6.07, 6.45) is -0.297. The third-order valence-corrected chi connectivity index (χ3v) is 5.32. The molecule has 0 bridgehead atoms. The minimum absolute atomic E-state index is 0.0689. The molecule has 24 heavy (non-hydrogen) atoms. The van der Waals surface area contributed by atoms with E-state index in [1.807, 2.05) is 81.4 Å². The number of hydrogen-bond donors (Lipinski definition) is 0. The molecule has 2 aliphatic rings. The highest BCUT2D eigenvalue weighted by molar-refractivity contribution is 6.11. The van der Waals surface area contributed by atoms with Crippen LogP contribution in [0.1, 0.15) is 31.9 Å². The quantitative estimate of drug-likeness (QED) is 0.839. The molecule has 0 amide bonds. The zero-order valence-electron chi connectivity index (χ0n) is 14.1. The van der Waals surface area contributed by atoms with Crippen molar-refractivity contribution in [2.75, 3.05) is 0 Å². The van der Waals surface area contributed by atoms with Crippen molar-refractivity contribution in [1.29, 1.82) is 0 Å². The second-order valence-corrected chi connectivity index (χ2v) is 6.53. The van der Waals surface area contributed by atoms with Gasteiger partial charge in [0.05, 0.1) is 6.10 Å². The lowest BCUT2D eigenvalue weighted by molar-refractivity contribution is -0.184. The van der Waals surface area contributed by atoms with E-state index in [4.69, 9.17) is 9.47 Å². The summed E-state index contributed by atoms with van der Waals surface area (Å²) >= 11 is 0. The van der Waals surface area contributed by atoms with Gasteiger partial charge in [0.15, 0.2) is 0 Å². The number of hydrogen-bond acceptors (Lipinski definition) is 3. The number of benzene rings is 2. The molecule has 3 nitrogen and oxygen atoms in total. The lowest BCUT2D eigenvalue weighted by atomic mass is 9.80. The van der Waals surface area contributed by atoms with E-state index in [0.717, 1.165) is 22.3 Å². The Hall–Kier alpha value is -2.23. The lowest BCUT2D eigenvalue weighted by Gasteiger charge is -2.39. The number of rotatable bonds is 2. The van der Waals surface area contributed by atoms with Gasteiger partial charge < -0.3 is 9.47 Å². The third-order valence-electron chi connectivity index (χ3n) is 5.32. The summed E-state index contributed by atoms with van der Waals surface area (Å²) in [6.45, 7) is 5.71. The number of carbonyl (C=O) groups is 1. The Bertz CT molecular complexity index is 783. The molecule has 0 radical (unpaired) electrons. The van der Waals surface area contributed by atoms with E-state index in [0.29, 0.717) is 0 Å². The Kier molecular flexibility index (Phi) is 3.27. The zero-order chi connectivity index (χ0) is 16.9. The van der Waals surface area contributed by atoms with Gasteiger partial charge in [-0.3, -0.25) is 4.79 Å². The first-order valence-corrected chi connectivity index (χ1v) is 8.24. The minimum Gasteiger partial charge on any atom is -0.333 e. The highest BCUT2D eigenvalue weighted by Gasteiger charge is 2.65. The molecule has 0 aromatic heterocycles. The van der Waals surface area contributed by atoms with Gasteiger partial charge in [-0.05, 0) is 31.9 Å². The molecule has 1 aliphatic heterocycles. The van der Waals surface area contributed by atoms with Crippen molar-refractivity contribution in [3.8, 4) is 0 Å². The molecule has 1 saturated heterocycles. The molecule has 1 spiro atoms. The smallest absolute Gasteiger partial charge is 0.258 e. The Balaban J connectivity index is 1.92. The Labute approximate surface area is 141 Å². The molecule has 4 rings (SSSR count). The van der Waals surface area contributed by atoms with Gasteiger partial charge in [-0.1, -0.05) is 60.7 Å². The Morgan fingerprint density at radius 3 is 1.83 bits per heavy atom. The van der Waals surface area contributed by atoms with Gasteiger partial charge in [0.25, 0.3) is 5.79 Å². The van der Waals surface area contributed by atoms with Crippen LogP contribution in [0.25, 0.3) is 0 Å². The maximum absolute atomic E-state index is 12.6. The Morgan fingerprint density at radius 1 is 0.875 bits per heavy atom. The second kappa shape index (κ2) is 5.13. The predicted octanol–water partition coefficient (Wildman–Crippen LogP) is 3.98. The van der Waals surface area contributed by atoms with Crippen molar-refractivity contribution in [1.82, 2.24) is 0 Å². The maximum Gasteiger partial charge on any atom is 0.258 e. The first-order chi connectivity index (χ1) is 11.5. The first kappa shape index (κ1) is 15.3. The van der Waals surface area contributed by atoms with Crippen molar-refractivity contribution in [2.24, 2.45) is 0 Å². The van der Waals surface area contributed by atoms with Crippen LogP contribution < -0.4 is 0 Å². The SMILES string of the molecule is CC1=C(C)[C@]2(O[C@@H](C)C(c3ccccc3)(c3ccccc3)O2)C1=O. The summed E-state index contributed by atoms with van der Waals surface area (Å²) in [5.41, 5.74) is 2.78. The number of ketones is 1. The maximum atomic E-state index is 12.6. The van der Waals surface area contributed by atoms with Crippen LogP contribution in [-0.4, -0.2) is 17.7 Å². The van der Waals surface area contributed by atoms with Crippen molar-refractivity contribution in [3.05, 3.63) is 82.9 Å². The van der Waals surface area contributed by atoms with Crippen LogP contribution in [-0.2, 0) is 19.9 Å². The van der Waals surface area contributed by atoms with Crippen LogP contribution in [0.5, 0.6) is 0 Å². The monoisotopic (exact) mass is 320 g/mol. The van der Waals surface area contributed by atoms with Gasteiger partial charge in [0.1, 0.15) is 5.60 Å². The zero-order valence-corrected chi connectivity index (χ0v) is 14.1. The standard InChI is InChI=1S/C21H20O3/c1-14-15(2)21(19(14)22)23-16(3)20(24-21,17-10-6-4-7-11-17)18-12-8-5-9-13-18/h4-13,16H,1-3H3/t16-,21+/m0/s1. The van der Waals surface area contributed by atoms with E-state index in [1.165, 1.54) is 0 Å². The van der Waals surface area contributed by atoms with Crippen molar-refractivity contribution >= 4 is 5.78 Å². The molecule has 1 heterocycles. The van der Waals surface area contributed by atoms with Gasteiger partial charge in [-0.15, -0.1) is 0 Å². The summed E-state index contributed by atoms with van der Waals surface area (Å²) in [4.78, 5) is 12.6. The van der Waals surface area contributed by atoms with E-state index in [2.05, 4.69) is 0 Å². The molecular weight excluding hydrogens is 300 g/mol. The second-order valence-electron chi connectivity index (χ2n) is 6.53. The fourth-order valence-corrected chi connectivity index (χ4v) is 3.83. The van der Waals surface area contributed by atoms with Crippen molar-refractivity contribution in [3.63, 3.8) is 0 Å². The van der Waals surface area contributed by atoms with Crippen LogP contribution in [0.2, 0.25) is 0 Å². The highest BCUT2D eigenvalue weighted by Crippen LogP contribution is 2.55. The fourth-order valence-electron chi connectivity index (χ4n) is 3.83. The summed E-state index contributed by atoms with van der Waals surface area (Å²) in [5, 5.41) is 0. The third kappa shape index (κ3) is 1.77. The molecule has 0 unspecified atom stereocenters. The van der Waals surface area contributed by atoms with Crippen molar-refractivity contribution in [2.45, 2.75) is 38.3 Å². The fraction of sp³-hybridized carbons (Fsp3) is 0.286. The van der Waals surface area contributed by atoms with Crippen LogP contribution in [0, 0.1) is 0 Å². The summed E-state index contributed by atoms with van der Waals surface area (Å²) < 4.78 is 12.7. The van der Waals surface area contributed by atoms with E-state index in [-0.39, 0.29) is 11.9 Å². The van der Waals surface area contributed by atoms with Crippen LogP contribution >= 0.6 is 0 Å². The molecule has 0 saturated carbocycles. The van der Waals surface area contributed by atoms with Gasteiger partial charge >= 0.3 is 0 Å². The average Bonchev–Trinajstić information content (AvgIpc) is 2.98. The van der Waals surface area contributed by atoms with Gasteiger partial charge in [0.2, 0.25) is 5.78 Å². The highest BCUT2D eigenvalue weighted by atomic mass is 16.8. The van der Waals surface area contributed by atoms with E-state index in [1.54, 1.807) is 0 Å². The Morgan fingerprint density at radius 2 is 1.38 bits per heavy atom. The molecular formula is C21H20O3. The predicted molar refractivity (Wildman–Crippen MR) is 91.4 cm³/mol. The lowest BCUT2D eigenvalue weighted by Crippen LogP contribution is -2.51. The van der Waals surface area contributed by atoms with Gasteiger partial charge in [-0.2, -0.15) is 0 Å². The normalized spacial score (nSPS) is 28.3. The average molecular weight is 320 g/mol. The van der Waals surface area contributed by atoms with Gasteiger partial charge in [0, 0.05) is 11.1 Å². The summed E-state index contributed by atoms with van der Waals surface area (Å²) in [5.74, 6) is -1.31. The summed E-state index contributed by atoms with van der Waals surface area (Å²) in [6, 6.07) is 20.0. The van der Waals surface area contributed by atoms with Gasteiger partial charge in [-0.25, -0.2) is 0 Å². The molecule has 1 fully saturated rings. The number of Topliss-reactive ketones (excluding diaryl/α,β-unsaturated/α-hetero) is 1. The van der Waals surface area contributed by atoms with Crippen LogP contribution in [0.15, 0.2) is 71.8 Å². The van der Waals surface area contributed by atoms with Crippen LogP contribution in [0.4, 0.5) is 0 Å². The molecule has 2 aromatic rings. The number of ether oxygens (including phenoxy) is 2. The minimum atomic E-state index is -1.24. The first-order valence-electron chi connectivity index (χ1n) is 8.24. The summed E-state index contributed by atoms with van der Waals surface area (Å²) in [7, 11) is 0.